The number of hydrogen-bond donors (Lipinski definition) is 1. The van der Waals surface area contributed by atoms with Gasteiger partial charge in [0.05, 0.1) is 28.3 Å². The van der Waals surface area contributed by atoms with E-state index < -0.39 is 0 Å². The predicted molar refractivity (Wildman–Crippen MR) is 164 cm³/mol. The molecule has 38 heavy (non-hydrogen) atoms. The van der Waals surface area contributed by atoms with Crippen molar-refractivity contribution in [3.05, 3.63) is 127 Å². The Hall–Kier alpha value is -4.63. The van der Waals surface area contributed by atoms with E-state index in [-0.39, 0.29) is 0 Å². The van der Waals surface area contributed by atoms with Crippen molar-refractivity contribution in [2.45, 2.75) is 20.8 Å². The fraction of sp³-hybridized carbons (Fsp3) is 0.114. The van der Waals surface area contributed by atoms with Gasteiger partial charge in [0.2, 0.25) is 0 Å². The zero-order valence-electron chi connectivity index (χ0n) is 22.4. The first kappa shape index (κ1) is 25.0. The molecular formula is C35H33N3. The van der Waals surface area contributed by atoms with Gasteiger partial charge in [-0.1, -0.05) is 98.8 Å². The van der Waals surface area contributed by atoms with Gasteiger partial charge in [0.15, 0.2) is 0 Å². The molecule has 2 aromatic heterocycles. The van der Waals surface area contributed by atoms with E-state index in [1.807, 2.05) is 52.2 Å². The van der Waals surface area contributed by atoms with Crippen molar-refractivity contribution < 1.29 is 0 Å². The van der Waals surface area contributed by atoms with E-state index in [2.05, 4.69) is 107 Å². The number of fused-ring (bicyclic) bond motifs is 5. The van der Waals surface area contributed by atoms with E-state index in [1.165, 1.54) is 33.2 Å². The Morgan fingerprint density at radius 1 is 0.737 bits per heavy atom. The van der Waals surface area contributed by atoms with Gasteiger partial charge >= 0.3 is 0 Å². The van der Waals surface area contributed by atoms with Crippen LogP contribution in [-0.4, -0.2) is 16.4 Å². The average Bonchev–Trinajstić information content (AvgIpc) is 3.34. The quantitative estimate of drug-likeness (QED) is 0.242. The Balaban J connectivity index is 0.00000144. The number of hydrogen-bond acceptors (Lipinski definition) is 2. The number of para-hydroxylation sites is 3. The summed E-state index contributed by atoms with van der Waals surface area (Å²) < 4.78 is 2.34. The Morgan fingerprint density at radius 2 is 1.45 bits per heavy atom. The van der Waals surface area contributed by atoms with Gasteiger partial charge in [-0.3, -0.25) is 4.98 Å². The highest BCUT2D eigenvalue weighted by molar-refractivity contribution is 6.08. The van der Waals surface area contributed by atoms with Crippen LogP contribution >= 0.6 is 0 Å². The maximum Gasteiger partial charge on any atom is 0.0871 e. The zero-order chi connectivity index (χ0) is 26.5. The SMILES string of the molecule is C/C=C\C=C(/NC)c1ccc(-c2cccc(-c3c4ccccc4n4c3cnc3ccccc34)c2)cc1.CC. The third kappa shape index (κ3) is 4.48. The van der Waals surface area contributed by atoms with Crippen LogP contribution in [0.15, 0.2) is 121 Å². The van der Waals surface area contributed by atoms with E-state index in [0.29, 0.717) is 0 Å². The Labute approximate surface area is 224 Å². The molecule has 188 valence electrons. The molecule has 0 aliphatic carbocycles. The second-order valence-corrected chi connectivity index (χ2v) is 8.87. The largest absolute Gasteiger partial charge is 0.388 e. The zero-order valence-corrected chi connectivity index (χ0v) is 22.4. The molecule has 6 rings (SSSR count). The molecule has 0 saturated heterocycles. The summed E-state index contributed by atoms with van der Waals surface area (Å²) in [4.78, 5) is 4.79. The van der Waals surface area contributed by atoms with E-state index >= 15 is 0 Å². The molecule has 0 spiro atoms. The first-order valence-electron chi connectivity index (χ1n) is 13.3. The summed E-state index contributed by atoms with van der Waals surface area (Å²) in [5.74, 6) is 0. The number of allylic oxidation sites excluding steroid dienone is 3. The lowest BCUT2D eigenvalue weighted by Crippen LogP contribution is -2.03. The number of nitrogens with one attached hydrogen (secondary N) is 1. The summed E-state index contributed by atoms with van der Waals surface area (Å²) >= 11 is 0. The second kappa shape index (κ2) is 11.2. The van der Waals surface area contributed by atoms with Gasteiger partial charge in [-0.2, -0.15) is 0 Å². The summed E-state index contributed by atoms with van der Waals surface area (Å²) in [6.07, 6.45) is 8.19. The van der Waals surface area contributed by atoms with Crippen LogP contribution in [0.5, 0.6) is 0 Å². The predicted octanol–water partition coefficient (Wildman–Crippen LogP) is 9.14. The molecule has 0 aliphatic rings. The molecule has 6 aromatic rings. The summed E-state index contributed by atoms with van der Waals surface area (Å²) in [6.45, 7) is 6.02. The van der Waals surface area contributed by atoms with Crippen LogP contribution in [0.4, 0.5) is 0 Å². The fourth-order valence-corrected chi connectivity index (χ4v) is 5.05. The van der Waals surface area contributed by atoms with Crippen molar-refractivity contribution in [1.29, 1.82) is 0 Å². The standard InChI is InChI=1S/C33H27N3.C2H6/c1-3-4-13-28(34-2)24-19-17-23(18-20-24)25-10-9-11-26(21-25)33-27-12-5-7-15-30(27)36-31-16-8-6-14-29(31)35-22-32(33)36;1-2/h3-22,34H,1-2H3;1-2H3/b4-3-,28-13-;. The van der Waals surface area contributed by atoms with Crippen molar-refractivity contribution in [2.75, 3.05) is 7.05 Å². The number of benzene rings is 4. The first-order valence-corrected chi connectivity index (χ1v) is 13.3. The molecule has 0 bridgehead atoms. The molecule has 0 saturated carbocycles. The lowest BCUT2D eigenvalue weighted by Gasteiger charge is -2.10. The normalized spacial score (nSPS) is 11.7. The number of rotatable bonds is 5. The Morgan fingerprint density at radius 3 is 2.21 bits per heavy atom. The molecule has 1 N–H and O–H groups in total. The third-order valence-corrected chi connectivity index (χ3v) is 6.77. The first-order chi connectivity index (χ1) is 18.8. The number of aromatic nitrogens is 2. The maximum atomic E-state index is 4.79. The molecule has 0 unspecified atom stereocenters. The van der Waals surface area contributed by atoms with E-state index in [9.17, 15) is 0 Å². The van der Waals surface area contributed by atoms with Crippen molar-refractivity contribution in [3.8, 4) is 22.3 Å². The highest BCUT2D eigenvalue weighted by Crippen LogP contribution is 2.38. The molecule has 0 atom stereocenters. The summed E-state index contributed by atoms with van der Waals surface area (Å²) in [7, 11) is 1.96. The number of nitrogens with zero attached hydrogens (tertiary/aromatic N) is 2. The van der Waals surface area contributed by atoms with Crippen LogP contribution in [-0.2, 0) is 0 Å². The highest BCUT2D eigenvalue weighted by atomic mass is 14.9. The van der Waals surface area contributed by atoms with E-state index in [0.717, 1.165) is 27.8 Å². The van der Waals surface area contributed by atoms with Crippen molar-refractivity contribution >= 4 is 33.2 Å². The van der Waals surface area contributed by atoms with Crippen LogP contribution in [0.25, 0.3) is 55.4 Å². The van der Waals surface area contributed by atoms with Gasteiger partial charge in [0.25, 0.3) is 0 Å². The third-order valence-electron chi connectivity index (χ3n) is 6.77. The molecule has 4 aromatic carbocycles. The van der Waals surface area contributed by atoms with Crippen LogP contribution < -0.4 is 5.32 Å². The molecule has 0 fully saturated rings. The van der Waals surface area contributed by atoms with E-state index in [1.54, 1.807) is 0 Å². The summed E-state index contributed by atoms with van der Waals surface area (Å²) in [5.41, 5.74) is 11.5. The van der Waals surface area contributed by atoms with Crippen LogP contribution in [0.1, 0.15) is 26.3 Å². The van der Waals surface area contributed by atoms with Gasteiger partial charge in [0, 0.05) is 23.7 Å². The monoisotopic (exact) mass is 495 g/mol. The minimum Gasteiger partial charge on any atom is -0.388 e. The highest BCUT2D eigenvalue weighted by Gasteiger charge is 2.16. The molecule has 3 nitrogen and oxygen atoms in total. The maximum absolute atomic E-state index is 4.79. The fourth-order valence-electron chi connectivity index (χ4n) is 5.05. The minimum absolute atomic E-state index is 0.996. The summed E-state index contributed by atoms with van der Waals surface area (Å²) in [5, 5.41) is 4.52. The topological polar surface area (TPSA) is 29.3 Å². The van der Waals surface area contributed by atoms with Gasteiger partial charge in [-0.25, -0.2) is 0 Å². The lowest BCUT2D eigenvalue weighted by molar-refractivity contribution is 1.13. The van der Waals surface area contributed by atoms with Crippen molar-refractivity contribution in [3.63, 3.8) is 0 Å². The molecule has 2 heterocycles. The lowest BCUT2D eigenvalue weighted by atomic mass is 9.97. The average molecular weight is 496 g/mol. The van der Waals surface area contributed by atoms with Gasteiger partial charge in [-0.05, 0) is 59.5 Å². The second-order valence-electron chi connectivity index (χ2n) is 8.87. The molecule has 0 aliphatic heterocycles. The molecular weight excluding hydrogens is 462 g/mol. The smallest absolute Gasteiger partial charge is 0.0871 e. The Bertz CT molecular complexity index is 1770. The minimum atomic E-state index is 0.996. The molecule has 0 amide bonds. The summed E-state index contributed by atoms with van der Waals surface area (Å²) in [6, 6.07) is 34.5. The van der Waals surface area contributed by atoms with Crippen LogP contribution in [0, 0.1) is 0 Å². The van der Waals surface area contributed by atoms with Crippen LogP contribution in [0.3, 0.4) is 0 Å². The van der Waals surface area contributed by atoms with Crippen molar-refractivity contribution in [2.24, 2.45) is 0 Å². The van der Waals surface area contributed by atoms with Crippen LogP contribution in [0.2, 0.25) is 0 Å². The van der Waals surface area contributed by atoms with Gasteiger partial charge in [0.1, 0.15) is 0 Å². The Kier molecular flexibility index (Phi) is 7.37. The van der Waals surface area contributed by atoms with Gasteiger partial charge < -0.3 is 9.72 Å². The van der Waals surface area contributed by atoms with E-state index in [4.69, 9.17) is 4.98 Å². The van der Waals surface area contributed by atoms with Crippen molar-refractivity contribution in [1.82, 2.24) is 14.7 Å². The molecule has 0 radical (unpaired) electrons. The molecule has 3 heteroatoms. The van der Waals surface area contributed by atoms with Gasteiger partial charge in [-0.15, -0.1) is 0 Å².